The first-order valence-corrected chi connectivity index (χ1v) is 11.4. The number of benzene rings is 1. The van der Waals surface area contributed by atoms with Crippen molar-refractivity contribution in [2.45, 2.75) is 110 Å². The Kier molecular flexibility index (Phi) is 7.44. The van der Waals surface area contributed by atoms with Crippen molar-refractivity contribution in [1.82, 2.24) is 0 Å². The van der Waals surface area contributed by atoms with Gasteiger partial charge >= 0.3 is 0 Å². The van der Waals surface area contributed by atoms with Crippen LogP contribution >= 0.6 is 0 Å². The van der Waals surface area contributed by atoms with E-state index in [0.29, 0.717) is 0 Å². The third kappa shape index (κ3) is 5.60. The molecule has 0 aliphatic heterocycles. The molecule has 0 heterocycles. The Bertz CT molecular complexity index is 507. The van der Waals surface area contributed by atoms with Gasteiger partial charge in [0.25, 0.3) is 0 Å². The Labute approximate surface area is 156 Å². The fraction of sp³-hybridized carbons (Fsp3) is 0.760. The highest BCUT2D eigenvalue weighted by Crippen LogP contribution is 2.39. The summed E-state index contributed by atoms with van der Waals surface area (Å²) in [5.41, 5.74) is 4.97. The fourth-order valence-electron chi connectivity index (χ4n) is 5.21. The van der Waals surface area contributed by atoms with Crippen LogP contribution in [-0.4, -0.2) is 0 Å². The molecule has 0 amide bonds. The lowest BCUT2D eigenvalue weighted by atomic mass is 9.75. The van der Waals surface area contributed by atoms with Crippen molar-refractivity contribution in [2.24, 2.45) is 11.8 Å². The number of hydrogen-bond donors (Lipinski definition) is 0. The maximum absolute atomic E-state index is 2.58. The minimum atomic E-state index is 0.852. The number of rotatable bonds is 8. The van der Waals surface area contributed by atoms with E-state index in [1.165, 1.54) is 89.9 Å². The second-order valence-electron chi connectivity index (χ2n) is 9.15. The summed E-state index contributed by atoms with van der Waals surface area (Å²) in [5.74, 6) is 2.77. The first-order valence-electron chi connectivity index (χ1n) is 11.4. The van der Waals surface area contributed by atoms with Gasteiger partial charge in [-0.25, -0.2) is 0 Å². The maximum atomic E-state index is 2.58. The first-order chi connectivity index (χ1) is 12.3. The number of hydrogen-bond acceptors (Lipinski definition) is 0. The van der Waals surface area contributed by atoms with Crippen LogP contribution in [-0.2, 0) is 12.8 Å². The molecular weight excluding hydrogens is 300 g/mol. The second-order valence-corrected chi connectivity index (χ2v) is 9.15. The monoisotopic (exact) mass is 340 g/mol. The van der Waals surface area contributed by atoms with E-state index in [1.807, 2.05) is 0 Å². The first kappa shape index (κ1) is 19.0. The molecule has 2 aliphatic rings. The van der Waals surface area contributed by atoms with Crippen molar-refractivity contribution in [3.05, 3.63) is 34.9 Å². The van der Waals surface area contributed by atoms with E-state index in [4.69, 9.17) is 0 Å². The van der Waals surface area contributed by atoms with Crippen molar-refractivity contribution in [3.63, 3.8) is 0 Å². The minimum Gasteiger partial charge on any atom is -0.0654 e. The summed E-state index contributed by atoms with van der Waals surface area (Å²) in [6.45, 7) is 4.71. The van der Waals surface area contributed by atoms with Gasteiger partial charge in [0.1, 0.15) is 0 Å². The van der Waals surface area contributed by atoms with E-state index in [-0.39, 0.29) is 0 Å². The van der Waals surface area contributed by atoms with Crippen molar-refractivity contribution in [1.29, 1.82) is 0 Å². The zero-order chi connectivity index (χ0) is 17.5. The van der Waals surface area contributed by atoms with Crippen molar-refractivity contribution in [2.75, 3.05) is 0 Å². The summed E-state index contributed by atoms with van der Waals surface area (Å²) in [4.78, 5) is 0. The molecule has 0 N–H and O–H groups in total. The molecule has 0 nitrogen and oxygen atoms in total. The van der Waals surface area contributed by atoms with Crippen LogP contribution in [0.2, 0.25) is 0 Å². The summed E-state index contributed by atoms with van der Waals surface area (Å²) in [7, 11) is 0. The zero-order valence-electron chi connectivity index (χ0n) is 16.9. The van der Waals surface area contributed by atoms with Gasteiger partial charge in [0.15, 0.2) is 0 Å². The quantitative estimate of drug-likeness (QED) is 0.423. The molecule has 140 valence electrons. The van der Waals surface area contributed by atoms with Gasteiger partial charge < -0.3 is 0 Å². The molecule has 1 saturated carbocycles. The highest BCUT2D eigenvalue weighted by atomic mass is 14.3. The van der Waals surface area contributed by atoms with Crippen LogP contribution in [0.4, 0.5) is 0 Å². The van der Waals surface area contributed by atoms with Crippen LogP contribution in [0.1, 0.15) is 114 Å². The molecule has 0 aromatic heterocycles. The highest BCUT2D eigenvalue weighted by Gasteiger charge is 2.23. The zero-order valence-corrected chi connectivity index (χ0v) is 16.9. The number of fused-ring (bicyclic) bond motifs is 1. The topological polar surface area (TPSA) is 0 Å². The lowest BCUT2D eigenvalue weighted by Gasteiger charge is -2.30. The van der Waals surface area contributed by atoms with Gasteiger partial charge in [-0.1, -0.05) is 77.0 Å². The van der Waals surface area contributed by atoms with Gasteiger partial charge in [-0.3, -0.25) is 0 Å². The van der Waals surface area contributed by atoms with Gasteiger partial charge in [0, 0.05) is 0 Å². The van der Waals surface area contributed by atoms with Crippen LogP contribution < -0.4 is 0 Å². The van der Waals surface area contributed by atoms with E-state index in [2.05, 4.69) is 32.0 Å². The van der Waals surface area contributed by atoms with Crippen LogP contribution in [0.15, 0.2) is 18.2 Å². The molecular formula is C25H40. The SMILES string of the molecule is CCCCCCCC[C@H]1CC[C@H](c2ccc3c(c2)CCC(C)C3)CC1. The lowest BCUT2D eigenvalue weighted by Crippen LogP contribution is -2.15. The molecule has 1 aromatic rings. The van der Waals surface area contributed by atoms with Gasteiger partial charge in [0.2, 0.25) is 0 Å². The van der Waals surface area contributed by atoms with E-state index in [1.54, 1.807) is 16.7 Å². The molecule has 1 unspecified atom stereocenters. The highest BCUT2D eigenvalue weighted by molar-refractivity contribution is 5.36. The van der Waals surface area contributed by atoms with Crippen molar-refractivity contribution >= 4 is 0 Å². The third-order valence-corrected chi connectivity index (χ3v) is 6.99. The second kappa shape index (κ2) is 9.79. The van der Waals surface area contributed by atoms with Gasteiger partial charge in [0.05, 0.1) is 0 Å². The predicted molar refractivity (Wildman–Crippen MR) is 110 cm³/mol. The van der Waals surface area contributed by atoms with E-state index in [9.17, 15) is 0 Å². The molecule has 25 heavy (non-hydrogen) atoms. The van der Waals surface area contributed by atoms with Crippen molar-refractivity contribution in [3.8, 4) is 0 Å². The standard InChI is InChI=1S/C25H40/c1-3-4-5-6-7-8-9-21-11-14-22(15-12-21)24-17-16-23-18-20(2)10-13-25(23)19-24/h16-17,19-22H,3-15,18H2,1-2H3/t20?,21-,22-. The molecule has 2 aliphatic carbocycles. The van der Waals surface area contributed by atoms with E-state index in [0.717, 1.165) is 17.8 Å². The summed E-state index contributed by atoms with van der Waals surface area (Å²) >= 11 is 0. The molecule has 1 atom stereocenters. The largest absolute Gasteiger partial charge is 0.0654 e. The van der Waals surface area contributed by atoms with Crippen LogP contribution in [0.5, 0.6) is 0 Å². The summed E-state index contributed by atoms with van der Waals surface area (Å²) in [6, 6.07) is 7.51. The van der Waals surface area contributed by atoms with Gasteiger partial charge in [-0.15, -0.1) is 0 Å². The Morgan fingerprint density at radius 2 is 1.60 bits per heavy atom. The Hall–Kier alpha value is -0.780. The molecule has 0 heteroatoms. The smallest absolute Gasteiger partial charge is 0.0162 e. The van der Waals surface area contributed by atoms with Crippen LogP contribution in [0.3, 0.4) is 0 Å². The van der Waals surface area contributed by atoms with E-state index >= 15 is 0 Å². The summed E-state index contributed by atoms with van der Waals surface area (Å²) in [6.07, 6.45) is 20.0. The Morgan fingerprint density at radius 3 is 2.40 bits per heavy atom. The maximum Gasteiger partial charge on any atom is -0.0162 e. The van der Waals surface area contributed by atoms with Crippen molar-refractivity contribution < 1.29 is 0 Å². The average molecular weight is 341 g/mol. The molecule has 0 saturated heterocycles. The number of unbranched alkanes of at least 4 members (excludes halogenated alkanes) is 5. The summed E-state index contributed by atoms with van der Waals surface area (Å²) < 4.78 is 0. The van der Waals surface area contributed by atoms with Gasteiger partial charge in [-0.2, -0.15) is 0 Å². The molecule has 3 rings (SSSR count). The number of aryl methyl sites for hydroxylation is 1. The van der Waals surface area contributed by atoms with Crippen LogP contribution in [0.25, 0.3) is 0 Å². The van der Waals surface area contributed by atoms with Gasteiger partial charge in [-0.05, 0) is 79.4 Å². The summed E-state index contributed by atoms with van der Waals surface area (Å²) in [5, 5.41) is 0. The lowest BCUT2D eigenvalue weighted by molar-refractivity contribution is 0.301. The predicted octanol–water partition coefficient (Wildman–Crippen LogP) is 7.84. The third-order valence-electron chi connectivity index (χ3n) is 6.99. The van der Waals surface area contributed by atoms with Crippen LogP contribution in [0, 0.1) is 11.8 Å². The Morgan fingerprint density at radius 1 is 0.840 bits per heavy atom. The normalized spacial score (nSPS) is 26.4. The molecule has 0 radical (unpaired) electrons. The molecule has 0 bridgehead atoms. The Balaban J connectivity index is 1.40. The minimum absolute atomic E-state index is 0.852. The van der Waals surface area contributed by atoms with E-state index < -0.39 is 0 Å². The molecule has 1 aromatic carbocycles. The fourth-order valence-corrected chi connectivity index (χ4v) is 5.21. The molecule has 1 fully saturated rings. The molecule has 0 spiro atoms. The average Bonchev–Trinajstić information content (AvgIpc) is 2.64.